The largest absolute Gasteiger partial charge is 0.0991 e. The molecule has 0 saturated carbocycles. The van der Waals surface area contributed by atoms with E-state index in [0.717, 1.165) is 0 Å². The Bertz CT molecular complexity index is 298. The van der Waals surface area contributed by atoms with E-state index in [9.17, 15) is 0 Å². The normalized spacial score (nSPS) is 14.7. The van der Waals surface area contributed by atoms with Gasteiger partial charge in [-0.1, -0.05) is 76.8 Å². The van der Waals surface area contributed by atoms with Crippen molar-refractivity contribution in [1.82, 2.24) is 0 Å². The third-order valence-electron chi connectivity index (χ3n) is 2.35. The third kappa shape index (κ3) is 9.89. The van der Waals surface area contributed by atoms with Gasteiger partial charge in [0.2, 0.25) is 0 Å². The Morgan fingerprint density at radius 3 is 2.44 bits per heavy atom. The first kappa shape index (κ1) is 19.0. The van der Waals surface area contributed by atoms with Gasteiger partial charge in [-0.15, -0.1) is 0 Å². The fourth-order valence-electron chi connectivity index (χ4n) is 1.49. The van der Waals surface area contributed by atoms with E-state index in [1.165, 1.54) is 30.4 Å². The molecule has 0 aromatic heterocycles. The minimum absolute atomic E-state index is 1.19. The maximum absolute atomic E-state index is 3.64. The Morgan fingerprint density at radius 1 is 1.17 bits per heavy atom. The molecule has 0 amide bonds. The van der Waals surface area contributed by atoms with Crippen LogP contribution in [-0.4, -0.2) is 0 Å². The summed E-state index contributed by atoms with van der Waals surface area (Å²) in [6.45, 7) is 13.8. The summed E-state index contributed by atoms with van der Waals surface area (Å²) in [7, 11) is 0. The highest BCUT2D eigenvalue weighted by Gasteiger charge is 2.00. The number of hydrogen-bond acceptors (Lipinski definition) is 0. The van der Waals surface area contributed by atoms with Gasteiger partial charge in [0.15, 0.2) is 0 Å². The molecule has 0 radical (unpaired) electrons. The predicted octanol–water partition coefficient (Wildman–Crippen LogP) is 6.39. The van der Waals surface area contributed by atoms with Gasteiger partial charge < -0.3 is 0 Å². The van der Waals surface area contributed by atoms with Gasteiger partial charge in [0.05, 0.1) is 0 Å². The lowest BCUT2D eigenvalue weighted by Crippen LogP contribution is -1.84. The van der Waals surface area contributed by atoms with Crippen molar-refractivity contribution in [2.45, 2.75) is 53.9 Å². The van der Waals surface area contributed by atoms with Crippen molar-refractivity contribution in [3.05, 3.63) is 60.3 Å². The zero-order chi connectivity index (χ0) is 14.2. The molecule has 0 heterocycles. The molecule has 0 saturated heterocycles. The molecule has 1 aliphatic carbocycles. The van der Waals surface area contributed by atoms with E-state index >= 15 is 0 Å². The predicted molar refractivity (Wildman–Crippen MR) is 86.9 cm³/mol. The van der Waals surface area contributed by atoms with E-state index in [1.54, 1.807) is 6.08 Å². The molecule has 1 rings (SSSR count). The maximum Gasteiger partial charge on any atom is -0.0273 e. The first-order valence-corrected chi connectivity index (χ1v) is 7.16. The summed E-state index contributed by atoms with van der Waals surface area (Å²) in [5, 5.41) is 0. The van der Waals surface area contributed by atoms with Crippen LogP contribution in [0.2, 0.25) is 0 Å². The minimum Gasteiger partial charge on any atom is -0.0991 e. The lowest BCUT2D eigenvalue weighted by molar-refractivity contribution is 0.846. The van der Waals surface area contributed by atoms with Gasteiger partial charge in [-0.2, -0.15) is 0 Å². The molecule has 0 unspecified atom stereocenters. The van der Waals surface area contributed by atoms with Crippen molar-refractivity contribution >= 4 is 0 Å². The SMILES string of the molecule is C=C/C=C\C=C(/C)C1=CC=CCCC1.CC.CC. The molecule has 0 heteroatoms. The number of rotatable bonds is 3. The van der Waals surface area contributed by atoms with Crippen molar-refractivity contribution < 1.29 is 0 Å². The van der Waals surface area contributed by atoms with Crippen molar-refractivity contribution in [2.75, 3.05) is 0 Å². The smallest absolute Gasteiger partial charge is 0.0273 e. The molecule has 0 aromatic rings. The van der Waals surface area contributed by atoms with Crippen LogP contribution in [0.25, 0.3) is 0 Å². The molecule has 0 fully saturated rings. The van der Waals surface area contributed by atoms with Crippen molar-refractivity contribution in [1.29, 1.82) is 0 Å². The van der Waals surface area contributed by atoms with E-state index in [0.29, 0.717) is 0 Å². The summed E-state index contributed by atoms with van der Waals surface area (Å²) in [5.41, 5.74) is 2.81. The number of hydrogen-bond donors (Lipinski definition) is 0. The van der Waals surface area contributed by atoms with Crippen LogP contribution in [0.1, 0.15) is 53.9 Å². The van der Waals surface area contributed by atoms with E-state index in [4.69, 9.17) is 0 Å². The Kier molecular flexibility index (Phi) is 16.6. The van der Waals surface area contributed by atoms with Crippen LogP contribution in [0.3, 0.4) is 0 Å². The van der Waals surface area contributed by atoms with Gasteiger partial charge in [0, 0.05) is 0 Å². The molecule has 0 nitrogen and oxygen atoms in total. The molecule has 0 bridgehead atoms. The average Bonchev–Trinajstić information content (AvgIpc) is 2.72. The van der Waals surface area contributed by atoms with Crippen LogP contribution in [0.5, 0.6) is 0 Å². The first-order chi connectivity index (χ1) is 8.84. The fraction of sp³-hybridized carbons (Fsp3) is 0.444. The zero-order valence-corrected chi connectivity index (χ0v) is 12.9. The molecule has 0 spiro atoms. The molecule has 0 aliphatic heterocycles. The van der Waals surface area contributed by atoms with Gasteiger partial charge in [0.25, 0.3) is 0 Å². The second kappa shape index (κ2) is 15.7. The number of allylic oxidation sites excluding steroid dienone is 9. The highest BCUT2D eigenvalue weighted by molar-refractivity contribution is 5.35. The molecular weight excluding hydrogens is 216 g/mol. The summed E-state index contributed by atoms with van der Waals surface area (Å²) in [6, 6.07) is 0. The van der Waals surface area contributed by atoms with E-state index in [-0.39, 0.29) is 0 Å². The summed E-state index contributed by atoms with van der Waals surface area (Å²) in [4.78, 5) is 0. The van der Waals surface area contributed by atoms with Crippen molar-refractivity contribution in [3.63, 3.8) is 0 Å². The zero-order valence-electron chi connectivity index (χ0n) is 12.9. The minimum atomic E-state index is 1.19. The van der Waals surface area contributed by atoms with E-state index in [1.807, 2.05) is 39.8 Å². The Labute approximate surface area is 115 Å². The molecule has 102 valence electrons. The maximum atomic E-state index is 3.64. The Morgan fingerprint density at radius 2 is 1.83 bits per heavy atom. The molecule has 0 atom stereocenters. The van der Waals surface area contributed by atoms with E-state index < -0.39 is 0 Å². The van der Waals surface area contributed by atoms with Crippen molar-refractivity contribution in [2.24, 2.45) is 0 Å². The Hall–Kier alpha value is -1.30. The lowest BCUT2D eigenvalue weighted by Gasteiger charge is -2.03. The van der Waals surface area contributed by atoms with Crippen LogP contribution in [-0.2, 0) is 0 Å². The highest BCUT2D eigenvalue weighted by Crippen LogP contribution is 2.19. The lowest BCUT2D eigenvalue weighted by atomic mass is 10.0. The van der Waals surface area contributed by atoms with E-state index in [2.05, 4.69) is 37.8 Å². The van der Waals surface area contributed by atoms with Crippen LogP contribution >= 0.6 is 0 Å². The van der Waals surface area contributed by atoms with Crippen molar-refractivity contribution in [3.8, 4) is 0 Å². The van der Waals surface area contributed by atoms with Gasteiger partial charge in [-0.3, -0.25) is 0 Å². The molecule has 1 aliphatic rings. The third-order valence-corrected chi connectivity index (χ3v) is 2.35. The highest BCUT2D eigenvalue weighted by atomic mass is 14.1. The molecular formula is C18H30. The van der Waals surface area contributed by atoms with Gasteiger partial charge in [-0.25, -0.2) is 0 Å². The van der Waals surface area contributed by atoms with Crippen LogP contribution < -0.4 is 0 Å². The van der Waals surface area contributed by atoms with Crippen LogP contribution in [0.15, 0.2) is 60.3 Å². The standard InChI is InChI=1S/C14H18.2C2H6/c1-3-4-7-10-13(2)14-11-8-5-6-9-12-14;2*1-2/h3-5,7-8,10-11H,1,6,9,12H2,2H3;2*1-2H3/b7-4-,13-10+;;. The van der Waals surface area contributed by atoms with Gasteiger partial charge >= 0.3 is 0 Å². The van der Waals surface area contributed by atoms with Gasteiger partial charge in [-0.05, 0) is 37.3 Å². The quantitative estimate of drug-likeness (QED) is 0.506. The summed E-state index contributed by atoms with van der Waals surface area (Å²) >= 11 is 0. The van der Waals surface area contributed by atoms with Gasteiger partial charge in [0.1, 0.15) is 0 Å². The monoisotopic (exact) mass is 246 g/mol. The molecule has 0 N–H and O–H groups in total. The summed E-state index contributed by atoms with van der Waals surface area (Å²) in [5.74, 6) is 0. The van der Waals surface area contributed by atoms with Crippen LogP contribution in [0.4, 0.5) is 0 Å². The summed E-state index contributed by atoms with van der Waals surface area (Å²) < 4.78 is 0. The summed E-state index contributed by atoms with van der Waals surface area (Å²) in [6.07, 6.45) is 18.2. The first-order valence-electron chi connectivity index (χ1n) is 7.16. The fourth-order valence-corrected chi connectivity index (χ4v) is 1.49. The molecule has 0 aromatic carbocycles. The van der Waals surface area contributed by atoms with Crippen LogP contribution in [0, 0.1) is 0 Å². The second-order valence-electron chi connectivity index (χ2n) is 3.48. The average molecular weight is 246 g/mol. The molecule has 18 heavy (non-hydrogen) atoms. The second-order valence-corrected chi connectivity index (χ2v) is 3.48. The Balaban J connectivity index is 0. The topological polar surface area (TPSA) is 0 Å².